The number of nitrogens with one attached hydrogen (secondary N) is 1. The number of anilines is 1. The van der Waals surface area contributed by atoms with Crippen LogP contribution in [0.25, 0.3) is 16.7 Å². The lowest BCUT2D eigenvalue weighted by Crippen LogP contribution is -2.10. The van der Waals surface area contributed by atoms with Gasteiger partial charge in [0, 0.05) is 5.69 Å². The number of rotatable bonds is 3. The second-order valence-corrected chi connectivity index (χ2v) is 6.80. The maximum Gasteiger partial charge on any atom is 0.291 e. The van der Waals surface area contributed by atoms with Crippen LogP contribution in [0.15, 0.2) is 57.6 Å². The molecule has 4 rings (SSSR count). The van der Waals surface area contributed by atoms with Gasteiger partial charge in [0.15, 0.2) is 10.4 Å². The Hall–Kier alpha value is -2.93. The summed E-state index contributed by atoms with van der Waals surface area (Å²) in [6, 6.07) is 14.8. The molecule has 1 N–H and O–H groups in total. The van der Waals surface area contributed by atoms with Crippen LogP contribution in [0.2, 0.25) is 0 Å². The van der Waals surface area contributed by atoms with Crippen molar-refractivity contribution in [3.8, 4) is 5.69 Å². The van der Waals surface area contributed by atoms with E-state index in [1.54, 1.807) is 29.1 Å². The zero-order valence-corrected chi connectivity index (χ0v) is 15.7. The van der Waals surface area contributed by atoms with Gasteiger partial charge in [0.25, 0.3) is 5.91 Å². The molecule has 6 nitrogen and oxygen atoms in total. The highest BCUT2D eigenvalue weighted by molar-refractivity contribution is 9.10. The van der Waals surface area contributed by atoms with Crippen molar-refractivity contribution in [1.82, 2.24) is 15.0 Å². The fourth-order valence-corrected chi connectivity index (χ4v) is 2.89. The molecule has 4 aromatic rings. The Morgan fingerprint density at radius 1 is 1.00 bits per heavy atom. The molecule has 130 valence electrons. The maximum atomic E-state index is 12.2. The van der Waals surface area contributed by atoms with E-state index in [9.17, 15) is 4.79 Å². The first-order chi connectivity index (χ1) is 12.5. The smallest absolute Gasteiger partial charge is 0.291 e. The van der Waals surface area contributed by atoms with Gasteiger partial charge in [0.2, 0.25) is 0 Å². The SMILES string of the molecule is Cc1ccc(-n2nc3ccc(NC(=O)c4ccc(Br)o4)cc3n2)cc1C. The molecule has 26 heavy (non-hydrogen) atoms. The quantitative estimate of drug-likeness (QED) is 0.533. The topological polar surface area (TPSA) is 73.0 Å². The molecule has 0 spiro atoms. The molecule has 0 radical (unpaired) electrons. The van der Waals surface area contributed by atoms with Gasteiger partial charge in [-0.1, -0.05) is 6.07 Å². The lowest BCUT2D eigenvalue weighted by Gasteiger charge is -2.03. The van der Waals surface area contributed by atoms with Crippen LogP contribution in [-0.2, 0) is 0 Å². The summed E-state index contributed by atoms with van der Waals surface area (Å²) in [5, 5.41) is 11.8. The number of furan rings is 1. The minimum Gasteiger partial charge on any atom is -0.444 e. The number of carbonyl (C=O) groups excluding carboxylic acids is 1. The molecule has 0 aliphatic rings. The summed E-state index contributed by atoms with van der Waals surface area (Å²) >= 11 is 3.19. The second kappa shape index (κ2) is 6.42. The highest BCUT2D eigenvalue weighted by atomic mass is 79.9. The van der Waals surface area contributed by atoms with E-state index in [-0.39, 0.29) is 11.7 Å². The highest BCUT2D eigenvalue weighted by Gasteiger charge is 2.12. The van der Waals surface area contributed by atoms with Crippen LogP contribution in [0.4, 0.5) is 5.69 Å². The lowest BCUT2D eigenvalue weighted by atomic mass is 10.1. The van der Waals surface area contributed by atoms with E-state index in [2.05, 4.69) is 45.3 Å². The van der Waals surface area contributed by atoms with Crippen molar-refractivity contribution < 1.29 is 9.21 Å². The van der Waals surface area contributed by atoms with Crippen LogP contribution in [0.1, 0.15) is 21.7 Å². The first-order valence-corrected chi connectivity index (χ1v) is 8.80. The Morgan fingerprint density at radius 3 is 2.54 bits per heavy atom. The Morgan fingerprint density at radius 2 is 1.81 bits per heavy atom. The van der Waals surface area contributed by atoms with Crippen molar-refractivity contribution in [3.05, 3.63) is 70.1 Å². The minimum absolute atomic E-state index is 0.232. The number of halogens is 1. The standard InChI is InChI=1S/C19H15BrN4O2/c1-11-3-5-14(9-12(11)2)24-22-15-6-4-13(10-16(15)23-24)21-19(25)17-7-8-18(20)26-17/h3-10H,1-2H3,(H,21,25). The summed E-state index contributed by atoms with van der Waals surface area (Å²) < 4.78 is 5.77. The summed E-state index contributed by atoms with van der Waals surface area (Å²) in [5.41, 5.74) is 5.38. The van der Waals surface area contributed by atoms with E-state index >= 15 is 0 Å². The van der Waals surface area contributed by atoms with Crippen molar-refractivity contribution in [2.75, 3.05) is 5.32 Å². The number of nitrogens with zero attached hydrogens (tertiary/aromatic N) is 3. The van der Waals surface area contributed by atoms with E-state index < -0.39 is 0 Å². The van der Waals surface area contributed by atoms with Gasteiger partial charge < -0.3 is 9.73 Å². The maximum absolute atomic E-state index is 12.2. The normalized spacial score (nSPS) is 11.0. The van der Waals surface area contributed by atoms with Gasteiger partial charge in [-0.05, 0) is 83.4 Å². The summed E-state index contributed by atoms with van der Waals surface area (Å²) in [7, 11) is 0. The van der Waals surface area contributed by atoms with E-state index in [0.717, 1.165) is 11.2 Å². The number of amides is 1. The number of aryl methyl sites for hydroxylation is 2. The molecule has 2 aromatic heterocycles. The minimum atomic E-state index is -0.323. The Bertz CT molecular complexity index is 1130. The third-order valence-corrected chi connectivity index (χ3v) is 4.58. The van der Waals surface area contributed by atoms with Gasteiger partial charge in [-0.15, -0.1) is 10.2 Å². The van der Waals surface area contributed by atoms with Gasteiger partial charge in [-0.25, -0.2) is 0 Å². The first-order valence-electron chi connectivity index (χ1n) is 8.01. The van der Waals surface area contributed by atoms with Gasteiger partial charge in [0.1, 0.15) is 11.0 Å². The number of benzene rings is 2. The number of hydrogen-bond donors (Lipinski definition) is 1. The number of carbonyl (C=O) groups is 1. The summed E-state index contributed by atoms with van der Waals surface area (Å²) in [6.07, 6.45) is 0. The van der Waals surface area contributed by atoms with E-state index in [4.69, 9.17) is 4.42 Å². The van der Waals surface area contributed by atoms with E-state index in [1.807, 2.05) is 24.3 Å². The van der Waals surface area contributed by atoms with Crippen LogP contribution in [-0.4, -0.2) is 20.9 Å². The van der Waals surface area contributed by atoms with Crippen LogP contribution >= 0.6 is 15.9 Å². The van der Waals surface area contributed by atoms with Crippen LogP contribution < -0.4 is 5.32 Å². The molecule has 0 aliphatic carbocycles. The molecular formula is C19H15BrN4O2. The molecule has 2 aromatic carbocycles. The molecule has 0 saturated carbocycles. The van der Waals surface area contributed by atoms with Crippen molar-refractivity contribution >= 4 is 38.6 Å². The van der Waals surface area contributed by atoms with Crippen LogP contribution in [0, 0.1) is 13.8 Å². The number of aromatic nitrogens is 3. The van der Waals surface area contributed by atoms with Gasteiger partial charge in [0.05, 0.1) is 5.69 Å². The molecule has 0 saturated heterocycles. The number of fused-ring (bicyclic) bond motifs is 1. The van der Waals surface area contributed by atoms with Crippen LogP contribution in [0.5, 0.6) is 0 Å². The van der Waals surface area contributed by atoms with Gasteiger partial charge in [-0.3, -0.25) is 4.79 Å². The van der Waals surface area contributed by atoms with Crippen LogP contribution in [0.3, 0.4) is 0 Å². The third kappa shape index (κ3) is 3.13. The molecular weight excluding hydrogens is 396 g/mol. The average molecular weight is 411 g/mol. The summed E-state index contributed by atoms with van der Waals surface area (Å²) in [5.74, 6) is -0.0904. The van der Waals surface area contributed by atoms with E-state index in [0.29, 0.717) is 15.9 Å². The van der Waals surface area contributed by atoms with Gasteiger partial charge >= 0.3 is 0 Å². The average Bonchev–Trinajstić information content (AvgIpc) is 3.23. The highest BCUT2D eigenvalue weighted by Crippen LogP contribution is 2.20. The van der Waals surface area contributed by atoms with Crippen molar-refractivity contribution in [2.24, 2.45) is 0 Å². The summed E-state index contributed by atoms with van der Waals surface area (Å²) in [4.78, 5) is 13.8. The second-order valence-electron chi connectivity index (χ2n) is 6.02. The molecule has 2 heterocycles. The number of hydrogen-bond acceptors (Lipinski definition) is 4. The third-order valence-electron chi connectivity index (χ3n) is 4.16. The predicted molar refractivity (Wildman–Crippen MR) is 103 cm³/mol. The molecule has 0 aliphatic heterocycles. The van der Waals surface area contributed by atoms with Crippen molar-refractivity contribution in [1.29, 1.82) is 0 Å². The molecule has 0 fully saturated rings. The monoisotopic (exact) mass is 410 g/mol. The Labute approximate surface area is 157 Å². The molecule has 0 unspecified atom stereocenters. The van der Waals surface area contributed by atoms with E-state index in [1.165, 1.54) is 11.1 Å². The summed E-state index contributed by atoms with van der Waals surface area (Å²) in [6.45, 7) is 4.13. The first kappa shape index (κ1) is 16.5. The van der Waals surface area contributed by atoms with Crippen molar-refractivity contribution in [2.45, 2.75) is 13.8 Å². The fraction of sp³-hybridized carbons (Fsp3) is 0.105. The lowest BCUT2D eigenvalue weighted by molar-refractivity contribution is 0.0995. The Kier molecular flexibility index (Phi) is 4.08. The molecule has 0 atom stereocenters. The Balaban J connectivity index is 1.63. The molecule has 1 amide bonds. The molecule has 7 heteroatoms. The van der Waals surface area contributed by atoms with Gasteiger partial charge in [-0.2, -0.15) is 4.80 Å². The fourth-order valence-electron chi connectivity index (χ4n) is 2.59. The zero-order chi connectivity index (χ0) is 18.3. The van der Waals surface area contributed by atoms with Crippen molar-refractivity contribution in [3.63, 3.8) is 0 Å². The zero-order valence-electron chi connectivity index (χ0n) is 14.2. The predicted octanol–water partition coefficient (Wildman–Crippen LogP) is 4.65. The largest absolute Gasteiger partial charge is 0.444 e. The molecule has 0 bridgehead atoms.